The van der Waals surface area contributed by atoms with Crippen LogP contribution in [0.25, 0.3) is 5.65 Å². The molecule has 0 saturated carbocycles. The van der Waals surface area contributed by atoms with E-state index in [9.17, 15) is 4.39 Å². The van der Waals surface area contributed by atoms with Crippen molar-refractivity contribution in [3.8, 4) is 11.9 Å². The lowest BCUT2D eigenvalue weighted by molar-refractivity contribution is 0.404. The van der Waals surface area contributed by atoms with Crippen molar-refractivity contribution in [3.63, 3.8) is 0 Å². The molecule has 0 aliphatic carbocycles. The highest BCUT2D eigenvalue weighted by Gasteiger charge is 2.12. The molecule has 1 N–H and O–H groups in total. The van der Waals surface area contributed by atoms with Gasteiger partial charge in [0.05, 0.1) is 5.56 Å². The lowest BCUT2D eigenvalue weighted by atomic mass is 10.3. The first-order valence-corrected chi connectivity index (χ1v) is 3.49. The van der Waals surface area contributed by atoms with Crippen molar-refractivity contribution in [3.05, 3.63) is 29.8 Å². The average molecular weight is 177 g/mol. The fraction of sp³-hybridized carbons (Fsp3) is 0. The van der Waals surface area contributed by atoms with E-state index in [1.807, 2.05) is 6.07 Å². The molecular formula is C8H4FN3O. The maximum atomic E-state index is 12.8. The highest BCUT2D eigenvalue weighted by atomic mass is 19.1. The zero-order chi connectivity index (χ0) is 9.42. The molecular weight excluding hydrogens is 173 g/mol. The SMILES string of the molecule is N#Cc1cccn2c(O)c(F)nc12. The maximum absolute atomic E-state index is 12.8. The summed E-state index contributed by atoms with van der Waals surface area (Å²) in [5.74, 6) is -1.55. The summed E-state index contributed by atoms with van der Waals surface area (Å²) in [5, 5.41) is 17.8. The molecule has 2 rings (SSSR count). The van der Waals surface area contributed by atoms with Gasteiger partial charge in [-0.05, 0) is 12.1 Å². The number of hydrogen-bond donors (Lipinski definition) is 1. The molecule has 0 unspecified atom stereocenters. The molecule has 0 saturated heterocycles. The second kappa shape index (κ2) is 2.45. The van der Waals surface area contributed by atoms with Crippen LogP contribution in [-0.4, -0.2) is 14.5 Å². The van der Waals surface area contributed by atoms with Crippen LogP contribution in [0.3, 0.4) is 0 Å². The molecule has 4 nitrogen and oxygen atoms in total. The summed E-state index contributed by atoms with van der Waals surface area (Å²) in [4.78, 5) is 3.41. The Morgan fingerprint density at radius 3 is 3.08 bits per heavy atom. The van der Waals surface area contributed by atoms with E-state index in [2.05, 4.69) is 4.98 Å². The number of halogens is 1. The van der Waals surface area contributed by atoms with E-state index >= 15 is 0 Å². The Morgan fingerprint density at radius 2 is 2.38 bits per heavy atom. The zero-order valence-corrected chi connectivity index (χ0v) is 6.40. The van der Waals surface area contributed by atoms with Crippen molar-refractivity contribution < 1.29 is 9.50 Å². The van der Waals surface area contributed by atoms with Gasteiger partial charge in [0.2, 0.25) is 0 Å². The first-order valence-electron chi connectivity index (χ1n) is 3.49. The first kappa shape index (κ1) is 7.55. The largest absolute Gasteiger partial charge is 0.491 e. The molecule has 0 aromatic carbocycles. The summed E-state index contributed by atoms with van der Waals surface area (Å²) in [6.07, 6.45) is 1.43. The Balaban J connectivity index is 2.95. The number of pyridine rings is 1. The molecule has 0 aliphatic heterocycles. The number of imidazole rings is 1. The Bertz CT molecular complexity index is 512. The number of aromatic hydroxyl groups is 1. The number of hydrogen-bond acceptors (Lipinski definition) is 3. The van der Waals surface area contributed by atoms with Gasteiger partial charge in [-0.3, -0.25) is 4.40 Å². The standard InChI is InChI=1S/C8H4FN3O/c9-6-8(13)12-3-1-2-5(4-10)7(12)11-6/h1-3,13H. The molecule has 2 heterocycles. The van der Waals surface area contributed by atoms with Crippen LogP contribution >= 0.6 is 0 Å². The van der Waals surface area contributed by atoms with Gasteiger partial charge in [-0.2, -0.15) is 14.6 Å². The van der Waals surface area contributed by atoms with Crippen LogP contribution in [0, 0.1) is 17.3 Å². The predicted octanol–water partition coefficient (Wildman–Crippen LogP) is 1.05. The molecule has 0 aliphatic rings. The van der Waals surface area contributed by atoms with Crippen LogP contribution in [0.1, 0.15) is 5.56 Å². The Hall–Kier alpha value is -2.09. The Labute approximate surface area is 72.5 Å². The van der Waals surface area contributed by atoms with E-state index in [4.69, 9.17) is 10.4 Å². The molecule has 13 heavy (non-hydrogen) atoms. The lowest BCUT2D eigenvalue weighted by Crippen LogP contribution is -1.86. The summed E-state index contributed by atoms with van der Waals surface area (Å²) < 4.78 is 13.9. The number of rotatable bonds is 0. The second-order valence-electron chi connectivity index (χ2n) is 2.45. The molecule has 2 aromatic heterocycles. The number of nitriles is 1. The Kier molecular flexibility index (Phi) is 1.43. The smallest absolute Gasteiger partial charge is 0.276 e. The van der Waals surface area contributed by atoms with Gasteiger partial charge in [0.15, 0.2) is 5.65 Å². The minimum Gasteiger partial charge on any atom is -0.491 e. The summed E-state index contributed by atoms with van der Waals surface area (Å²) in [5.41, 5.74) is 0.349. The molecule has 0 atom stereocenters. The van der Waals surface area contributed by atoms with Crippen molar-refractivity contribution in [2.75, 3.05) is 0 Å². The molecule has 2 aromatic rings. The van der Waals surface area contributed by atoms with Gasteiger partial charge in [-0.1, -0.05) is 0 Å². The third kappa shape index (κ3) is 0.924. The van der Waals surface area contributed by atoms with E-state index in [0.29, 0.717) is 0 Å². The summed E-state index contributed by atoms with van der Waals surface area (Å²) in [6.45, 7) is 0. The van der Waals surface area contributed by atoms with Crippen LogP contribution in [0.15, 0.2) is 18.3 Å². The molecule has 64 valence electrons. The molecule has 0 amide bonds. The van der Waals surface area contributed by atoms with Gasteiger partial charge in [-0.15, -0.1) is 0 Å². The normalized spacial score (nSPS) is 10.2. The van der Waals surface area contributed by atoms with E-state index in [-0.39, 0.29) is 11.2 Å². The molecule has 5 heteroatoms. The van der Waals surface area contributed by atoms with Gasteiger partial charge in [0.1, 0.15) is 6.07 Å². The fourth-order valence-electron chi connectivity index (χ4n) is 1.11. The average Bonchev–Trinajstić information content (AvgIpc) is 2.43. The highest BCUT2D eigenvalue weighted by molar-refractivity contribution is 5.56. The summed E-state index contributed by atoms with van der Waals surface area (Å²) in [7, 11) is 0. The van der Waals surface area contributed by atoms with E-state index < -0.39 is 11.8 Å². The Morgan fingerprint density at radius 1 is 1.62 bits per heavy atom. The quantitative estimate of drug-likeness (QED) is 0.654. The van der Waals surface area contributed by atoms with Gasteiger partial charge in [0, 0.05) is 6.20 Å². The number of nitrogens with zero attached hydrogens (tertiary/aromatic N) is 3. The van der Waals surface area contributed by atoms with E-state index in [1.54, 1.807) is 0 Å². The van der Waals surface area contributed by atoms with Crippen molar-refractivity contribution in [2.24, 2.45) is 0 Å². The molecule has 0 spiro atoms. The van der Waals surface area contributed by atoms with Crippen LogP contribution in [0.2, 0.25) is 0 Å². The number of fused-ring (bicyclic) bond motifs is 1. The first-order chi connectivity index (χ1) is 6.24. The second-order valence-corrected chi connectivity index (χ2v) is 2.45. The van der Waals surface area contributed by atoms with Crippen molar-refractivity contribution >= 4 is 5.65 Å². The maximum Gasteiger partial charge on any atom is 0.276 e. The van der Waals surface area contributed by atoms with Crippen molar-refractivity contribution in [1.29, 1.82) is 5.26 Å². The van der Waals surface area contributed by atoms with E-state index in [1.165, 1.54) is 18.3 Å². The van der Waals surface area contributed by atoms with Crippen LogP contribution in [-0.2, 0) is 0 Å². The monoisotopic (exact) mass is 177 g/mol. The van der Waals surface area contributed by atoms with Gasteiger partial charge < -0.3 is 5.11 Å². The van der Waals surface area contributed by atoms with E-state index in [0.717, 1.165) is 4.40 Å². The molecule has 0 bridgehead atoms. The third-order valence-corrected chi connectivity index (χ3v) is 1.70. The topological polar surface area (TPSA) is 61.3 Å². The molecule has 0 fully saturated rings. The lowest BCUT2D eigenvalue weighted by Gasteiger charge is -1.93. The highest BCUT2D eigenvalue weighted by Crippen LogP contribution is 2.19. The van der Waals surface area contributed by atoms with Crippen LogP contribution in [0.5, 0.6) is 5.88 Å². The third-order valence-electron chi connectivity index (χ3n) is 1.70. The fourth-order valence-corrected chi connectivity index (χ4v) is 1.11. The number of aromatic nitrogens is 2. The van der Waals surface area contributed by atoms with Crippen molar-refractivity contribution in [1.82, 2.24) is 9.38 Å². The van der Waals surface area contributed by atoms with Gasteiger partial charge in [-0.25, -0.2) is 0 Å². The molecule has 0 radical (unpaired) electrons. The summed E-state index contributed by atoms with van der Waals surface area (Å²) in [6, 6.07) is 4.88. The zero-order valence-electron chi connectivity index (χ0n) is 6.40. The predicted molar refractivity (Wildman–Crippen MR) is 41.5 cm³/mol. The minimum absolute atomic E-state index is 0.125. The van der Waals surface area contributed by atoms with Gasteiger partial charge in [0.25, 0.3) is 11.8 Å². The van der Waals surface area contributed by atoms with Crippen LogP contribution in [0.4, 0.5) is 4.39 Å². The van der Waals surface area contributed by atoms with Crippen LogP contribution < -0.4 is 0 Å². The minimum atomic E-state index is -0.970. The van der Waals surface area contributed by atoms with Crippen molar-refractivity contribution in [2.45, 2.75) is 0 Å². The van der Waals surface area contributed by atoms with Gasteiger partial charge >= 0.3 is 0 Å². The summed E-state index contributed by atoms with van der Waals surface area (Å²) >= 11 is 0.